The van der Waals surface area contributed by atoms with Crippen molar-refractivity contribution >= 4 is 5.97 Å². The molecule has 1 saturated heterocycles. The van der Waals surface area contributed by atoms with Gasteiger partial charge in [0.25, 0.3) is 0 Å². The molecular formula is C14H21N3O2. The van der Waals surface area contributed by atoms with Crippen LogP contribution in [0.1, 0.15) is 49.4 Å². The van der Waals surface area contributed by atoms with Gasteiger partial charge >= 0.3 is 5.97 Å². The van der Waals surface area contributed by atoms with E-state index in [4.69, 9.17) is 4.74 Å². The third-order valence-electron chi connectivity index (χ3n) is 3.19. The first-order valence-corrected chi connectivity index (χ1v) is 6.92. The molecule has 2 rings (SSSR count). The quantitative estimate of drug-likeness (QED) is 0.819. The van der Waals surface area contributed by atoms with Crippen LogP contribution >= 0.6 is 0 Å². The average molecular weight is 263 g/mol. The lowest BCUT2D eigenvalue weighted by molar-refractivity contribution is -0.143. The van der Waals surface area contributed by atoms with Crippen LogP contribution in [-0.4, -0.2) is 29.1 Å². The molecule has 0 saturated carbocycles. The molecule has 5 heteroatoms. The smallest absolute Gasteiger partial charge is 0.306 e. The zero-order valence-corrected chi connectivity index (χ0v) is 11.6. The Balaban J connectivity index is 2.02. The number of rotatable bonds is 5. The summed E-state index contributed by atoms with van der Waals surface area (Å²) in [5.74, 6) is 0.690. The Morgan fingerprint density at radius 2 is 2.37 bits per heavy atom. The van der Waals surface area contributed by atoms with Gasteiger partial charge in [-0.2, -0.15) is 0 Å². The molecule has 1 atom stereocenters. The molecule has 2 heterocycles. The highest BCUT2D eigenvalue weighted by molar-refractivity contribution is 5.69. The van der Waals surface area contributed by atoms with Crippen molar-refractivity contribution in [1.29, 1.82) is 0 Å². The summed E-state index contributed by atoms with van der Waals surface area (Å²) in [7, 11) is 0. The zero-order valence-electron chi connectivity index (χ0n) is 11.6. The number of aryl methyl sites for hydroxylation is 2. The Bertz CT molecular complexity index is 442. The van der Waals surface area contributed by atoms with Gasteiger partial charge in [-0.15, -0.1) is 0 Å². The Hall–Kier alpha value is -1.49. The summed E-state index contributed by atoms with van der Waals surface area (Å²) in [6.45, 7) is 5.24. The fourth-order valence-electron chi connectivity index (χ4n) is 2.31. The monoisotopic (exact) mass is 263 g/mol. The highest BCUT2D eigenvalue weighted by Gasteiger charge is 2.19. The minimum absolute atomic E-state index is 0.167. The molecular weight excluding hydrogens is 242 g/mol. The van der Waals surface area contributed by atoms with Gasteiger partial charge in [-0.25, -0.2) is 9.97 Å². The SMILES string of the molecule is CCOC(=O)CCc1cc(C)nc(C2CCCN2)n1. The lowest BCUT2D eigenvalue weighted by Gasteiger charge is -2.11. The summed E-state index contributed by atoms with van der Waals surface area (Å²) < 4.78 is 4.93. The summed E-state index contributed by atoms with van der Waals surface area (Å²) in [6.07, 6.45) is 3.24. The number of aromatic nitrogens is 2. The van der Waals surface area contributed by atoms with E-state index in [1.54, 1.807) is 0 Å². The maximum Gasteiger partial charge on any atom is 0.306 e. The largest absolute Gasteiger partial charge is 0.466 e. The van der Waals surface area contributed by atoms with E-state index in [-0.39, 0.29) is 12.0 Å². The summed E-state index contributed by atoms with van der Waals surface area (Å²) in [6, 6.07) is 2.21. The maximum absolute atomic E-state index is 11.4. The lowest BCUT2D eigenvalue weighted by atomic mass is 10.1. The second kappa shape index (κ2) is 6.61. The minimum Gasteiger partial charge on any atom is -0.466 e. The average Bonchev–Trinajstić information content (AvgIpc) is 2.90. The first-order chi connectivity index (χ1) is 9.19. The van der Waals surface area contributed by atoms with Gasteiger partial charge < -0.3 is 10.1 Å². The Kier molecular flexibility index (Phi) is 4.85. The second-order valence-electron chi connectivity index (χ2n) is 4.81. The van der Waals surface area contributed by atoms with Gasteiger partial charge in [0.1, 0.15) is 5.82 Å². The van der Waals surface area contributed by atoms with Crippen molar-refractivity contribution in [3.63, 3.8) is 0 Å². The topological polar surface area (TPSA) is 64.1 Å². The van der Waals surface area contributed by atoms with E-state index in [1.165, 1.54) is 6.42 Å². The molecule has 19 heavy (non-hydrogen) atoms. The van der Waals surface area contributed by atoms with Crippen molar-refractivity contribution in [2.45, 2.75) is 45.6 Å². The Morgan fingerprint density at radius 3 is 3.05 bits per heavy atom. The molecule has 1 fully saturated rings. The molecule has 0 spiro atoms. The summed E-state index contributed by atoms with van der Waals surface area (Å²) in [5, 5.41) is 3.40. The molecule has 1 unspecified atom stereocenters. The molecule has 5 nitrogen and oxygen atoms in total. The predicted molar refractivity (Wildman–Crippen MR) is 71.7 cm³/mol. The second-order valence-corrected chi connectivity index (χ2v) is 4.81. The van der Waals surface area contributed by atoms with E-state index in [0.717, 1.165) is 30.2 Å². The van der Waals surface area contributed by atoms with E-state index in [9.17, 15) is 4.79 Å². The fourth-order valence-corrected chi connectivity index (χ4v) is 2.31. The van der Waals surface area contributed by atoms with Crippen LogP contribution in [0.3, 0.4) is 0 Å². The fraction of sp³-hybridized carbons (Fsp3) is 0.643. The molecule has 1 aliphatic heterocycles. The van der Waals surface area contributed by atoms with Crippen LogP contribution < -0.4 is 5.32 Å². The van der Waals surface area contributed by atoms with Crippen molar-refractivity contribution in [1.82, 2.24) is 15.3 Å². The molecule has 0 radical (unpaired) electrons. The third-order valence-corrected chi connectivity index (χ3v) is 3.19. The number of carbonyl (C=O) groups excluding carboxylic acids is 1. The highest BCUT2D eigenvalue weighted by atomic mass is 16.5. The van der Waals surface area contributed by atoms with Crippen molar-refractivity contribution in [3.05, 3.63) is 23.3 Å². The number of esters is 1. The predicted octanol–water partition coefficient (Wildman–Crippen LogP) is 1.71. The van der Waals surface area contributed by atoms with Crippen LogP contribution in [0.15, 0.2) is 6.07 Å². The van der Waals surface area contributed by atoms with Gasteiger partial charge in [-0.3, -0.25) is 4.79 Å². The molecule has 1 aliphatic rings. The van der Waals surface area contributed by atoms with Crippen LogP contribution in [0, 0.1) is 6.92 Å². The summed E-state index contributed by atoms with van der Waals surface area (Å²) in [4.78, 5) is 20.4. The Labute approximate surface area is 113 Å². The summed E-state index contributed by atoms with van der Waals surface area (Å²) in [5.41, 5.74) is 1.88. The number of hydrogen-bond donors (Lipinski definition) is 1. The van der Waals surface area contributed by atoms with Crippen LogP contribution in [-0.2, 0) is 16.0 Å². The molecule has 0 amide bonds. The first kappa shape index (κ1) is 13.9. The summed E-state index contributed by atoms with van der Waals surface area (Å²) >= 11 is 0. The van der Waals surface area contributed by atoms with Crippen LogP contribution in [0.2, 0.25) is 0 Å². The van der Waals surface area contributed by atoms with E-state index >= 15 is 0 Å². The molecule has 1 aromatic rings. The lowest BCUT2D eigenvalue weighted by Crippen LogP contribution is -2.17. The standard InChI is InChI=1S/C14H21N3O2/c1-3-19-13(18)7-6-11-9-10(2)16-14(17-11)12-5-4-8-15-12/h9,12,15H,3-8H2,1-2H3. The van der Waals surface area contributed by atoms with E-state index < -0.39 is 0 Å². The van der Waals surface area contributed by atoms with Crippen LogP contribution in [0.5, 0.6) is 0 Å². The van der Waals surface area contributed by atoms with Crippen molar-refractivity contribution in [2.75, 3.05) is 13.2 Å². The number of carbonyl (C=O) groups is 1. The molecule has 1 aromatic heterocycles. The molecule has 0 bridgehead atoms. The molecule has 0 aromatic carbocycles. The van der Waals surface area contributed by atoms with Crippen LogP contribution in [0.4, 0.5) is 0 Å². The van der Waals surface area contributed by atoms with Crippen molar-refractivity contribution < 1.29 is 9.53 Å². The van der Waals surface area contributed by atoms with Crippen molar-refractivity contribution in [3.8, 4) is 0 Å². The Morgan fingerprint density at radius 1 is 1.53 bits per heavy atom. The van der Waals surface area contributed by atoms with Gasteiger partial charge in [0.05, 0.1) is 19.1 Å². The van der Waals surface area contributed by atoms with Crippen LogP contribution in [0.25, 0.3) is 0 Å². The first-order valence-electron chi connectivity index (χ1n) is 6.92. The molecule has 1 N–H and O–H groups in total. The number of ether oxygens (including phenoxy) is 1. The van der Waals surface area contributed by atoms with Gasteiger partial charge in [-0.05, 0) is 39.3 Å². The van der Waals surface area contributed by atoms with Gasteiger partial charge in [-0.1, -0.05) is 0 Å². The molecule has 104 valence electrons. The number of hydrogen-bond acceptors (Lipinski definition) is 5. The van der Waals surface area contributed by atoms with E-state index in [0.29, 0.717) is 19.4 Å². The van der Waals surface area contributed by atoms with E-state index in [2.05, 4.69) is 15.3 Å². The highest BCUT2D eigenvalue weighted by Crippen LogP contribution is 2.20. The maximum atomic E-state index is 11.4. The third kappa shape index (κ3) is 3.99. The van der Waals surface area contributed by atoms with E-state index in [1.807, 2.05) is 19.9 Å². The normalized spacial score (nSPS) is 18.5. The van der Waals surface area contributed by atoms with Gasteiger partial charge in [0, 0.05) is 17.8 Å². The van der Waals surface area contributed by atoms with Gasteiger partial charge in [0.2, 0.25) is 0 Å². The molecule has 0 aliphatic carbocycles. The zero-order chi connectivity index (χ0) is 13.7. The number of nitrogens with zero attached hydrogens (tertiary/aromatic N) is 2. The minimum atomic E-state index is -0.167. The van der Waals surface area contributed by atoms with Crippen molar-refractivity contribution in [2.24, 2.45) is 0 Å². The van der Waals surface area contributed by atoms with Gasteiger partial charge in [0.15, 0.2) is 0 Å². The number of nitrogens with one attached hydrogen (secondary N) is 1.